The number of hydrogen-bond donors (Lipinski definition) is 5. The van der Waals surface area contributed by atoms with E-state index in [9.17, 15) is 29.4 Å². The number of amides is 2. The molecule has 2 aliphatic rings. The number of benzene rings is 1. The van der Waals surface area contributed by atoms with Gasteiger partial charge in [-0.15, -0.1) is 0 Å². The number of nitrogens with zero attached hydrogens (tertiary/aromatic N) is 2. The lowest BCUT2D eigenvalue weighted by Gasteiger charge is -2.26. The predicted octanol–water partition coefficient (Wildman–Crippen LogP) is 1.80. The van der Waals surface area contributed by atoms with Crippen molar-refractivity contribution in [3.05, 3.63) is 63.5 Å². The molecule has 0 bridgehead atoms. The average molecular weight is 495 g/mol. The lowest BCUT2D eigenvalue weighted by atomic mass is 9.94. The first-order valence-electron chi connectivity index (χ1n) is 11.6. The first-order valence-corrected chi connectivity index (χ1v) is 11.6. The maximum absolute atomic E-state index is 13.4. The van der Waals surface area contributed by atoms with Crippen LogP contribution in [-0.2, 0) is 4.79 Å². The first-order chi connectivity index (χ1) is 17.3. The molecule has 5 N–H and O–H groups in total. The van der Waals surface area contributed by atoms with Crippen molar-refractivity contribution in [1.82, 2.24) is 15.2 Å². The van der Waals surface area contributed by atoms with Gasteiger partial charge in [-0.3, -0.25) is 28.7 Å². The Morgan fingerprint density at radius 2 is 1.69 bits per heavy atom. The lowest BCUT2D eigenvalue weighted by Crippen LogP contribution is -2.39. The SMILES string of the molecule is O=C(O)CNC(=O)c1c(O)c(C(=O)NC2=NCC(c3ccccc3)=C2)c(=O)n(C2CCCCC2)c1O. The molecule has 36 heavy (non-hydrogen) atoms. The molecule has 0 saturated heterocycles. The molecular formula is C25H26N4O7. The minimum absolute atomic E-state index is 0.173. The molecule has 1 aromatic heterocycles. The minimum Gasteiger partial charge on any atom is -0.506 e. The molecule has 0 spiro atoms. The fraction of sp³-hybridized carbons (Fsp3) is 0.320. The van der Waals surface area contributed by atoms with E-state index in [1.165, 1.54) is 0 Å². The summed E-state index contributed by atoms with van der Waals surface area (Å²) in [7, 11) is 0. The number of carboxylic acids is 1. The molecule has 1 fully saturated rings. The number of carbonyl (C=O) groups is 3. The Hall–Kier alpha value is -4.41. The molecule has 2 aromatic rings. The number of aliphatic carboxylic acids is 1. The second kappa shape index (κ2) is 10.5. The molecule has 1 aliphatic heterocycles. The Morgan fingerprint density at radius 3 is 2.36 bits per heavy atom. The number of aliphatic imine (C=N–C) groups is 1. The predicted molar refractivity (Wildman–Crippen MR) is 130 cm³/mol. The Bertz CT molecular complexity index is 1320. The zero-order chi connectivity index (χ0) is 25.8. The zero-order valence-corrected chi connectivity index (χ0v) is 19.4. The highest BCUT2D eigenvalue weighted by atomic mass is 16.4. The summed E-state index contributed by atoms with van der Waals surface area (Å²) in [5.41, 5.74) is -0.664. The molecule has 0 atom stereocenters. The van der Waals surface area contributed by atoms with Crippen LogP contribution in [0.3, 0.4) is 0 Å². The molecule has 0 unspecified atom stereocenters. The summed E-state index contributed by atoms with van der Waals surface area (Å²) in [6, 6.07) is 8.90. The van der Waals surface area contributed by atoms with E-state index in [1.54, 1.807) is 6.08 Å². The number of hydrogen-bond acceptors (Lipinski definition) is 7. The Kier molecular flexibility index (Phi) is 7.18. The Morgan fingerprint density at radius 1 is 1.00 bits per heavy atom. The van der Waals surface area contributed by atoms with Crippen LogP contribution < -0.4 is 16.2 Å². The van der Waals surface area contributed by atoms with Crippen LogP contribution in [0.25, 0.3) is 5.57 Å². The summed E-state index contributed by atoms with van der Waals surface area (Å²) < 4.78 is 0.950. The highest BCUT2D eigenvalue weighted by molar-refractivity contribution is 6.15. The van der Waals surface area contributed by atoms with Crippen LogP contribution in [0, 0.1) is 0 Å². The second-order valence-corrected chi connectivity index (χ2v) is 8.66. The van der Waals surface area contributed by atoms with Gasteiger partial charge in [0, 0.05) is 6.04 Å². The number of rotatable bonds is 6. The number of aromatic hydroxyl groups is 2. The normalized spacial score (nSPS) is 15.7. The zero-order valence-electron chi connectivity index (χ0n) is 19.4. The van der Waals surface area contributed by atoms with Gasteiger partial charge in [-0.25, -0.2) is 0 Å². The van der Waals surface area contributed by atoms with Gasteiger partial charge in [-0.1, -0.05) is 49.6 Å². The largest absolute Gasteiger partial charge is 0.506 e. The van der Waals surface area contributed by atoms with E-state index in [-0.39, 0.29) is 5.84 Å². The second-order valence-electron chi connectivity index (χ2n) is 8.66. The van der Waals surface area contributed by atoms with E-state index in [1.807, 2.05) is 30.3 Å². The van der Waals surface area contributed by atoms with Crippen molar-refractivity contribution >= 4 is 29.2 Å². The van der Waals surface area contributed by atoms with Crippen LogP contribution in [-0.4, -0.2) is 56.6 Å². The van der Waals surface area contributed by atoms with Gasteiger partial charge in [-0.05, 0) is 30.1 Å². The van der Waals surface area contributed by atoms with Gasteiger partial charge in [0.2, 0.25) is 5.88 Å². The molecule has 188 valence electrons. The molecule has 1 aromatic carbocycles. The van der Waals surface area contributed by atoms with Gasteiger partial charge < -0.3 is 26.0 Å². The van der Waals surface area contributed by atoms with Gasteiger partial charge >= 0.3 is 5.97 Å². The third-order valence-corrected chi connectivity index (χ3v) is 6.27. The summed E-state index contributed by atoms with van der Waals surface area (Å²) in [6.07, 6.45) is 5.22. The van der Waals surface area contributed by atoms with Crippen LogP contribution in [0.4, 0.5) is 0 Å². The monoisotopic (exact) mass is 494 g/mol. The van der Waals surface area contributed by atoms with Gasteiger partial charge in [0.15, 0.2) is 5.75 Å². The quantitative estimate of drug-likeness (QED) is 0.408. The van der Waals surface area contributed by atoms with Crippen molar-refractivity contribution < 1.29 is 29.7 Å². The summed E-state index contributed by atoms with van der Waals surface area (Å²) in [5, 5.41) is 35.0. The molecule has 0 radical (unpaired) electrons. The Labute approximate surface area is 205 Å². The van der Waals surface area contributed by atoms with E-state index < -0.39 is 58.7 Å². The maximum atomic E-state index is 13.4. The number of aromatic nitrogens is 1. The average Bonchev–Trinajstić information content (AvgIpc) is 3.32. The number of carboxylic acid groups (broad SMARTS) is 1. The van der Waals surface area contributed by atoms with E-state index in [2.05, 4.69) is 15.6 Å². The molecule has 4 rings (SSSR count). The fourth-order valence-corrected chi connectivity index (χ4v) is 4.51. The van der Waals surface area contributed by atoms with E-state index in [0.717, 1.165) is 35.0 Å². The van der Waals surface area contributed by atoms with E-state index in [0.29, 0.717) is 19.4 Å². The molecule has 11 nitrogen and oxygen atoms in total. The number of pyridine rings is 1. The Balaban J connectivity index is 1.72. The molecule has 1 saturated carbocycles. The van der Waals surface area contributed by atoms with Crippen molar-refractivity contribution in [3.63, 3.8) is 0 Å². The van der Waals surface area contributed by atoms with Gasteiger partial charge in [0.25, 0.3) is 17.4 Å². The van der Waals surface area contributed by atoms with Crippen LogP contribution >= 0.6 is 0 Å². The summed E-state index contributed by atoms with van der Waals surface area (Å²) in [5.74, 6) is -5.15. The minimum atomic E-state index is -1.35. The molecule has 2 heterocycles. The molecular weight excluding hydrogens is 468 g/mol. The number of nitrogens with one attached hydrogen (secondary N) is 2. The van der Waals surface area contributed by atoms with Gasteiger partial charge in [-0.2, -0.15) is 0 Å². The van der Waals surface area contributed by atoms with Crippen LogP contribution in [0.15, 0.2) is 46.2 Å². The molecule has 11 heteroatoms. The van der Waals surface area contributed by atoms with Crippen LogP contribution in [0.2, 0.25) is 0 Å². The smallest absolute Gasteiger partial charge is 0.322 e. The third kappa shape index (κ3) is 4.99. The topological polar surface area (TPSA) is 170 Å². The van der Waals surface area contributed by atoms with Crippen molar-refractivity contribution in [2.24, 2.45) is 4.99 Å². The fourth-order valence-electron chi connectivity index (χ4n) is 4.51. The van der Waals surface area contributed by atoms with Crippen LogP contribution in [0.5, 0.6) is 11.6 Å². The lowest BCUT2D eigenvalue weighted by molar-refractivity contribution is -0.135. The summed E-state index contributed by atoms with van der Waals surface area (Å²) in [4.78, 5) is 54.4. The van der Waals surface area contributed by atoms with Crippen molar-refractivity contribution in [1.29, 1.82) is 0 Å². The molecule has 1 aliphatic carbocycles. The van der Waals surface area contributed by atoms with Gasteiger partial charge in [0.1, 0.15) is 23.5 Å². The highest BCUT2D eigenvalue weighted by Gasteiger charge is 2.33. The maximum Gasteiger partial charge on any atom is 0.322 e. The molecule has 2 amide bonds. The third-order valence-electron chi connectivity index (χ3n) is 6.27. The first kappa shape index (κ1) is 24.7. The number of carbonyl (C=O) groups excluding carboxylic acids is 2. The van der Waals surface area contributed by atoms with Crippen molar-refractivity contribution in [2.75, 3.05) is 13.1 Å². The van der Waals surface area contributed by atoms with Crippen molar-refractivity contribution in [3.8, 4) is 11.6 Å². The van der Waals surface area contributed by atoms with Gasteiger partial charge in [0.05, 0.1) is 6.54 Å². The summed E-state index contributed by atoms with van der Waals surface area (Å²) in [6.45, 7) is -0.484. The number of amidine groups is 1. The van der Waals surface area contributed by atoms with Crippen molar-refractivity contribution in [2.45, 2.75) is 38.1 Å². The van der Waals surface area contributed by atoms with Crippen LogP contribution in [0.1, 0.15) is 64.4 Å². The summed E-state index contributed by atoms with van der Waals surface area (Å²) >= 11 is 0. The standard InChI is InChI=1S/C25H26N4O7/c30-18(31)13-27-22(33)19-21(32)20(25(36)29(24(19)35)16-9-5-2-6-10-16)23(34)28-17-11-15(12-26-17)14-7-3-1-4-8-14/h1,3-4,7-8,11,16,32,35H,2,5-6,9-10,12-13H2,(H,27,33)(H,30,31)(H,26,28,34). The van der Waals surface area contributed by atoms with E-state index in [4.69, 9.17) is 5.11 Å². The van der Waals surface area contributed by atoms with E-state index >= 15 is 0 Å². The highest BCUT2D eigenvalue weighted by Crippen LogP contribution is 2.35.